The number of carbonyl (C=O) groups excluding carboxylic acids is 2. The smallest absolute Gasteiger partial charge is 0.348 e. The number of amides is 2. The van der Waals surface area contributed by atoms with E-state index in [0.717, 1.165) is 6.92 Å². The Balaban J connectivity index is 5.39. The summed E-state index contributed by atoms with van der Waals surface area (Å²) in [5.41, 5.74) is 10.5. The number of hydrogen-bond donors (Lipinski definition) is 5. The Bertz CT molecular complexity index is 368. The van der Waals surface area contributed by atoms with Gasteiger partial charge in [-0.15, -0.1) is 0 Å². The molecule has 9 nitrogen and oxygen atoms in total. The maximum Gasteiger partial charge on any atom is 0.348 e. The third-order valence-electron chi connectivity index (χ3n) is 2.24. The Hall–Kier alpha value is -0.830. The van der Waals surface area contributed by atoms with Crippen LogP contribution in [0.25, 0.3) is 0 Å². The molecule has 0 bridgehead atoms. The number of nitrogens with two attached hydrogens (primary N) is 2. The molecular formula is C8H18N3O6P. The van der Waals surface area contributed by atoms with Gasteiger partial charge in [-0.1, -0.05) is 0 Å². The topological polar surface area (TPSA) is 167 Å². The van der Waals surface area contributed by atoms with Crippen LogP contribution in [0.1, 0.15) is 13.8 Å². The van der Waals surface area contributed by atoms with Crippen LogP contribution >= 0.6 is 7.60 Å². The van der Waals surface area contributed by atoms with Crippen LogP contribution in [0.5, 0.6) is 0 Å². The molecule has 0 aromatic heterocycles. The number of imide groups is 1. The van der Waals surface area contributed by atoms with E-state index in [1.165, 1.54) is 6.92 Å². The summed E-state index contributed by atoms with van der Waals surface area (Å²) in [6.45, 7) is 1.51. The fourth-order valence-electron chi connectivity index (χ4n) is 1.10. The van der Waals surface area contributed by atoms with Crippen LogP contribution in [-0.4, -0.2) is 56.1 Å². The van der Waals surface area contributed by atoms with Gasteiger partial charge in [0.05, 0.1) is 12.6 Å². The number of hydrogen-bond acceptors (Lipinski definition) is 6. The van der Waals surface area contributed by atoms with Gasteiger partial charge in [0.25, 0.3) is 0 Å². The number of aliphatic hydroxyl groups excluding tert-OH is 1. The minimum absolute atomic E-state index is 0.312. The summed E-state index contributed by atoms with van der Waals surface area (Å²) in [6.07, 6.45) is 0. The summed E-state index contributed by atoms with van der Waals surface area (Å²) < 4.78 is 11.1. The van der Waals surface area contributed by atoms with Gasteiger partial charge in [-0.05, 0) is 13.8 Å². The van der Waals surface area contributed by atoms with Crippen LogP contribution in [0.2, 0.25) is 0 Å². The molecule has 0 aliphatic rings. The van der Waals surface area contributed by atoms with Gasteiger partial charge in [0.2, 0.25) is 11.8 Å². The van der Waals surface area contributed by atoms with Crippen LogP contribution in [0.3, 0.4) is 0 Å². The van der Waals surface area contributed by atoms with Gasteiger partial charge >= 0.3 is 7.60 Å². The van der Waals surface area contributed by atoms with Gasteiger partial charge in [0, 0.05) is 0 Å². The van der Waals surface area contributed by atoms with E-state index in [-0.39, 0.29) is 0 Å². The quantitative estimate of drug-likeness (QED) is 0.346. The first-order chi connectivity index (χ1) is 8.03. The van der Waals surface area contributed by atoms with Crippen molar-refractivity contribution < 1.29 is 29.0 Å². The summed E-state index contributed by atoms with van der Waals surface area (Å²) in [4.78, 5) is 41.8. The average molecular weight is 283 g/mol. The van der Waals surface area contributed by atoms with E-state index in [1.807, 2.05) is 0 Å². The molecule has 3 atom stereocenters. The van der Waals surface area contributed by atoms with Gasteiger partial charge in [-0.3, -0.25) is 19.1 Å². The SMILES string of the molecule is C[C@H](N)C(=O)N(C(=O)[C@@H](N)CO)[C@@H](C)P(=O)(O)O. The standard InChI is InChI=1S/C8H18N3O6P/c1-4(9)7(13)11(5(2)18(15,16)17)8(14)6(10)3-12/h4-6,12H,3,9-10H2,1-2H3,(H2,15,16,17)/t4-,5+,6-/m0/s1. The Labute approximate surface area is 104 Å². The van der Waals surface area contributed by atoms with Gasteiger partial charge < -0.3 is 26.4 Å². The molecule has 0 heterocycles. The number of nitrogens with zero attached hydrogens (tertiary/aromatic N) is 1. The van der Waals surface area contributed by atoms with E-state index in [1.54, 1.807) is 0 Å². The summed E-state index contributed by atoms with van der Waals surface area (Å²) in [5.74, 6) is -3.75. The molecule has 10 heteroatoms. The largest absolute Gasteiger partial charge is 0.394 e. The van der Waals surface area contributed by atoms with Crippen molar-refractivity contribution in [3.05, 3.63) is 0 Å². The normalized spacial score (nSPS) is 16.8. The average Bonchev–Trinajstić information content (AvgIpc) is 2.26. The highest BCUT2D eigenvalue weighted by Crippen LogP contribution is 2.42. The minimum atomic E-state index is -4.72. The monoisotopic (exact) mass is 283 g/mol. The number of carbonyl (C=O) groups is 2. The molecule has 0 radical (unpaired) electrons. The molecule has 0 aromatic carbocycles. The lowest BCUT2D eigenvalue weighted by molar-refractivity contribution is -0.148. The minimum Gasteiger partial charge on any atom is -0.394 e. The zero-order valence-corrected chi connectivity index (χ0v) is 10.9. The highest BCUT2D eigenvalue weighted by molar-refractivity contribution is 7.52. The fraction of sp³-hybridized carbons (Fsp3) is 0.750. The van der Waals surface area contributed by atoms with Gasteiger partial charge in [-0.2, -0.15) is 0 Å². The molecule has 0 unspecified atom stereocenters. The molecule has 0 aromatic rings. The number of aliphatic hydroxyl groups is 1. The van der Waals surface area contributed by atoms with E-state index in [0.29, 0.717) is 4.90 Å². The Kier molecular flexibility index (Phi) is 6.08. The zero-order chi connectivity index (χ0) is 14.7. The molecule has 0 aliphatic carbocycles. The Morgan fingerprint density at radius 3 is 1.94 bits per heavy atom. The highest BCUT2D eigenvalue weighted by Gasteiger charge is 2.40. The molecule has 18 heavy (non-hydrogen) atoms. The van der Waals surface area contributed by atoms with Crippen molar-refractivity contribution in [1.29, 1.82) is 0 Å². The second-order valence-electron chi connectivity index (χ2n) is 3.85. The predicted octanol–water partition coefficient (Wildman–Crippen LogP) is -2.47. The lowest BCUT2D eigenvalue weighted by Gasteiger charge is -2.30. The molecule has 0 saturated carbocycles. The second-order valence-corrected chi connectivity index (χ2v) is 5.77. The lowest BCUT2D eigenvalue weighted by atomic mass is 10.2. The van der Waals surface area contributed by atoms with Crippen molar-refractivity contribution in [2.24, 2.45) is 11.5 Å². The maximum atomic E-state index is 11.7. The first-order valence-corrected chi connectivity index (χ1v) is 6.76. The van der Waals surface area contributed by atoms with Crippen LogP contribution < -0.4 is 11.5 Å². The van der Waals surface area contributed by atoms with E-state index < -0.39 is 43.9 Å². The van der Waals surface area contributed by atoms with Gasteiger partial charge in [0.15, 0.2) is 0 Å². The van der Waals surface area contributed by atoms with Gasteiger partial charge in [0.1, 0.15) is 11.8 Å². The van der Waals surface area contributed by atoms with Crippen molar-refractivity contribution in [1.82, 2.24) is 4.90 Å². The Morgan fingerprint density at radius 1 is 1.22 bits per heavy atom. The fourth-order valence-corrected chi connectivity index (χ4v) is 1.63. The predicted molar refractivity (Wildman–Crippen MR) is 62.1 cm³/mol. The van der Waals surface area contributed by atoms with Crippen LogP contribution in [0.15, 0.2) is 0 Å². The molecule has 0 rings (SSSR count). The molecule has 0 spiro atoms. The van der Waals surface area contributed by atoms with Crippen molar-refractivity contribution in [3.8, 4) is 0 Å². The maximum absolute atomic E-state index is 11.7. The van der Waals surface area contributed by atoms with Crippen molar-refractivity contribution in [2.75, 3.05) is 6.61 Å². The van der Waals surface area contributed by atoms with Crippen molar-refractivity contribution in [2.45, 2.75) is 31.7 Å². The van der Waals surface area contributed by atoms with Crippen LogP contribution in [0.4, 0.5) is 0 Å². The van der Waals surface area contributed by atoms with Crippen molar-refractivity contribution in [3.63, 3.8) is 0 Å². The van der Waals surface area contributed by atoms with E-state index in [4.69, 9.17) is 26.4 Å². The lowest BCUT2D eigenvalue weighted by Crippen LogP contribution is -2.55. The molecular weight excluding hydrogens is 265 g/mol. The number of rotatable bonds is 5. The van der Waals surface area contributed by atoms with Crippen LogP contribution in [-0.2, 0) is 14.2 Å². The zero-order valence-electron chi connectivity index (χ0n) is 10.1. The molecule has 2 amide bonds. The van der Waals surface area contributed by atoms with Crippen molar-refractivity contribution >= 4 is 19.4 Å². The van der Waals surface area contributed by atoms with E-state index in [2.05, 4.69) is 0 Å². The summed E-state index contributed by atoms with van der Waals surface area (Å²) >= 11 is 0. The molecule has 106 valence electrons. The Morgan fingerprint density at radius 2 is 1.67 bits per heavy atom. The first kappa shape index (κ1) is 17.2. The third-order valence-corrected chi connectivity index (χ3v) is 3.44. The third kappa shape index (κ3) is 4.13. The van der Waals surface area contributed by atoms with Crippen LogP contribution in [0, 0.1) is 0 Å². The second kappa shape index (κ2) is 6.37. The summed E-state index contributed by atoms with van der Waals surface area (Å²) in [5, 5.41) is 8.75. The molecule has 0 aliphatic heterocycles. The molecule has 0 fully saturated rings. The van der Waals surface area contributed by atoms with E-state index in [9.17, 15) is 14.2 Å². The molecule has 0 saturated heterocycles. The van der Waals surface area contributed by atoms with E-state index >= 15 is 0 Å². The first-order valence-electron chi connectivity index (χ1n) is 5.08. The summed E-state index contributed by atoms with van der Waals surface area (Å²) in [7, 11) is -4.72. The summed E-state index contributed by atoms with van der Waals surface area (Å²) in [6, 6.07) is -2.57. The van der Waals surface area contributed by atoms with Gasteiger partial charge in [-0.25, -0.2) is 0 Å². The highest BCUT2D eigenvalue weighted by atomic mass is 31.2. The molecule has 7 N–H and O–H groups in total.